The fraction of sp³-hybridized carbons (Fsp3) is 0.286. The monoisotopic (exact) mass is 288 g/mol. The van der Waals surface area contributed by atoms with Gasteiger partial charge in [0.05, 0.1) is 24.4 Å². The topological polar surface area (TPSA) is 97.2 Å². The highest BCUT2D eigenvalue weighted by atomic mass is 16.5. The van der Waals surface area contributed by atoms with E-state index in [-0.39, 0.29) is 5.56 Å². The molecular weight excluding hydrogens is 272 g/mol. The first kappa shape index (κ1) is 14.7. The van der Waals surface area contributed by atoms with E-state index in [1.165, 1.54) is 24.7 Å². The van der Waals surface area contributed by atoms with E-state index >= 15 is 0 Å². The predicted molar refractivity (Wildman–Crippen MR) is 76.3 cm³/mol. The van der Waals surface area contributed by atoms with Gasteiger partial charge in [0.15, 0.2) is 0 Å². The molecule has 0 aliphatic heterocycles. The summed E-state index contributed by atoms with van der Waals surface area (Å²) < 4.78 is 5.41. The van der Waals surface area contributed by atoms with Crippen LogP contribution in [0.5, 0.6) is 5.88 Å². The maximum Gasteiger partial charge on any atom is 0.335 e. The molecular formula is C14H16N4O3. The summed E-state index contributed by atoms with van der Waals surface area (Å²) in [5.41, 5.74) is 0.820. The van der Waals surface area contributed by atoms with Crippen molar-refractivity contribution in [3.05, 3.63) is 42.0 Å². The fourth-order valence-corrected chi connectivity index (χ4v) is 1.61. The van der Waals surface area contributed by atoms with Gasteiger partial charge in [-0.2, -0.15) is 0 Å². The fourth-order valence-electron chi connectivity index (χ4n) is 1.61. The van der Waals surface area contributed by atoms with E-state index in [9.17, 15) is 4.79 Å². The number of hydrogen-bond donors (Lipinski definition) is 2. The van der Waals surface area contributed by atoms with Gasteiger partial charge in [-0.3, -0.25) is 4.98 Å². The smallest absolute Gasteiger partial charge is 0.335 e. The third kappa shape index (κ3) is 4.41. The molecule has 2 aromatic heterocycles. The number of carboxylic acids is 1. The molecule has 0 fully saturated rings. The molecule has 0 bridgehead atoms. The second kappa shape index (κ2) is 7.18. The first-order chi connectivity index (χ1) is 10.2. The molecule has 0 aliphatic carbocycles. The van der Waals surface area contributed by atoms with Gasteiger partial charge in [0.2, 0.25) is 5.88 Å². The molecule has 0 amide bonds. The van der Waals surface area contributed by atoms with E-state index in [4.69, 9.17) is 9.84 Å². The molecule has 0 saturated carbocycles. The van der Waals surface area contributed by atoms with E-state index < -0.39 is 5.97 Å². The molecule has 7 heteroatoms. The van der Waals surface area contributed by atoms with Crippen LogP contribution in [0.25, 0.3) is 0 Å². The highest BCUT2D eigenvalue weighted by Gasteiger charge is 2.05. The Balaban J connectivity index is 1.99. The van der Waals surface area contributed by atoms with Gasteiger partial charge in [-0.15, -0.1) is 0 Å². The highest BCUT2D eigenvalue weighted by molar-refractivity contribution is 5.87. The van der Waals surface area contributed by atoms with Crippen LogP contribution < -0.4 is 10.1 Å². The SMILES string of the molecule is CCCOc1cc(NCc2cc(C(=O)O)ccn2)ncn1. The van der Waals surface area contributed by atoms with Crippen molar-refractivity contribution in [2.75, 3.05) is 11.9 Å². The number of carbonyl (C=O) groups is 1. The van der Waals surface area contributed by atoms with Gasteiger partial charge in [-0.05, 0) is 18.6 Å². The van der Waals surface area contributed by atoms with Crippen LogP contribution in [0.3, 0.4) is 0 Å². The van der Waals surface area contributed by atoms with Crippen molar-refractivity contribution in [3.8, 4) is 5.88 Å². The third-order valence-corrected chi connectivity index (χ3v) is 2.61. The summed E-state index contributed by atoms with van der Waals surface area (Å²) in [6.07, 6.45) is 3.78. The number of aromatic nitrogens is 3. The number of anilines is 1. The number of ether oxygens (including phenoxy) is 1. The van der Waals surface area contributed by atoms with E-state index in [1.54, 1.807) is 6.07 Å². The molecule has 2 rings (SSSR count). The van der Waals surface area contributed by atoms with E-state index in [0.717, 1.165) is 6.42 Å². The number of aromatic carboxylic acids is 1. The van der Waals surface area contributed by atoms with Gasteiger partial charge in [0, 0.05) is 12.3 Å². The number of hydrogen-bond acceptors (Lipinski definition) is 6. The Kier molecular flexibility index (Phi) is 5.03. The highest BCUT2D eigenvalue weighted by Crippen LogP contribution is 2.12. The van der Waals surface area contributed by atoms with Crippen molar-refractivity contribution in [1.82, 2.24) is 15.0 Å². The summed E-state index contributed by atoms with van der Waals surface area (Å²) in [5, 5.41) is 12.0. The number of pyridine rings is 1. The number of carboxylic acid groups (broad SMARTS) is 1. The summed E-state index contributed by atoms with van der Waals surface area (Å²) in [5.74, 6) is 0.121. The van der Waals surface area contributed by atoms with Gasteiger partial charge in [0.1, 0.15) is 12.1 Å². The zero-order valence-corrected chi connectivity index (χ0v) is 11.6. The zero-order chi connectivity index (χ0) is 15.1. The van der Waals surface area contributed by atoms with E-state index in [1.807, 2.05) is 6.92 Å². The summed E-state index contributed by atoms with van der Waals surface area (Å²) >= 11 is 0. The minimum Gasteiger partial charge on any atom is -0.478 e. The van der Waals surface area contributed by atoms with Crippen LogP contribution in [0.15, 0.2) is 30.7 Å². The third-order valence-electron chi connectivity index (χ3n) is 2.61. The Morgan fingerprint density at radius 1 is 1.33 bits per heavy atom. The molecule has 0 aromatic carbocycles. The van der Waals surface area contributed by atoms with Crippen molar-refractivity contribution >= 4 is 11.8 Å². The molecule has 2 aromatic rings. The molecule has 2 heterocycles. The Morgan fingerprint density at radius 2 is 2.19 bits per heavy atom. The quantitative estimate of drug-likeness (QED) is 0.803. The molecule has 0 saturated heterocycles. The predicted octanol–water partition coefficient (Wildman–Crippen LogP) is 1.97. The number of nitrogens with zero attached hydrogens (tertiary/aromatic N) is 3. The first-order valence-corrected chi connectivity index (χ1v) is 6.56. The van der Waals surface area contributed by atoms with Crippen molar-refractivity contribution in [2.45, 2.75) is 19.9 Å². The summed E-state index contributed by atoms with van der Waals surface area (Å²) in [6, 6.07) is 4.66. The van der Waals surface area contributed by atoms with Gasteiger partial charge in [-0.25, -0.2) is 14.8 Å². The van der Waals surface area contributed by atoms with Crippen molar-refractivity contribution < 1.29 is 14.6 Å². The lowest BCUT2D eigenvalue weighted by Gasteiger charge is -2.07. The minimum absolute atomic E-state index is 0.205. The summed E-state index contributed by atoms with van der Waals surface area (Å²) in [4.78, 5) is 23.1. The van der Waals surface area contributed by atoms with Crippen LogP contribution in [0.4, 0.5) is 5.82 Å². The van der Waals surface area contributed by atoms with Gasteiger partial charge >= 0.3 is 5.97 Å². The molecule has 0 spiro atoms. The van der Waals surface area contributed by atoms with Crippen LogP contribution in [-0.4, -0.2) is 32.6 Å². The molecule has 0 radical (unpaired) electrons. The molecule has 21 heavy (non-hydrogen) atoms. The summed E-state index contributed by atoms with van der Waals surface area (Å²) in [7, 11) is 0. The van der Waals surface area contributed by atoms with Crippen LogP contribution in [-0.2, 0) is 6.54 Å². The van der Waals surface area contributed by atoms with Crippen molar-refractivity contribution in [3.63, 3.8) is 0 Å². The number of rotatable bonds is 7. The van der Waals surface area contributed by atoms with Crippen LogP contribution >= 0.6 is 0 Å². The molecule has 0 aliphatic rings. The van der Waals surface area contributed by atoms with Gasteiger partial charge in [-0.1, -0.05) is 6.92 Å². The van der Waals surface area contributed by atoms with Crippen LogP contribution in [0.1, 0.15) is 29.4 Å². The Hall–Kier alpha value is -2.70. The van der Waals surface area contributed by atoms with E-state index in [2.05, 4.69) is 20.3 Å². The molecule has 0 atom stereocenters. The second-order valence-electron chi connectivity index (χ2n) is 4.28. The average molecular weight is 288 g/mol. The molecule has 2 N–H and O–H groups in total. The van der Waals surface area contributed by atoms with Crippen molar-refractivity contribution in [1.29, 1.82) is 0 Å². The average Bonchev–Trinajstić information content (AvgIpc) is 2.51. The van der Waals surface area contributed by atoms with Crippen molar-refractivity contribution in [2.24, 2.45) is 0 Å². The first-order valence-electron chi connectivity index (χ1n) is 6.56. The number of nitrogens with one attached hydrogen (secondary N) is 1. The molecule has 7 nitrogen and oxygen atoms in total. The molecule has 110 valence electrons. The largest absolute Gasteiger partial charge is 0.478 e. The lowest BCUT2D eigenvalue weighted by molar-refractivity contribution is 0.0696. The maximum atomic E-state index is 10.9. The lowest BCUT2D eigenvalue weighted by atomic mass is 10.2. The Bertz CT molecular complexity index is 619. The van der Waals surface area contributed by atoms with E-state index in [0.29, 0.717) is 30.5 Å². The standard InChI is InChI=1S/C14H16N4O3/c1-2-5-21-13-7-12(17-9-18-13)16-8-11-6-10(14(19)20)3-4-15-11/h3-4,6-7,9H,2,5,8H2,1H3,(H,19,20)(H,16,17,18). The Labute approximate surface area is 122 Å². The molecule has 0 unspecified atom stereocenters. The second-order valence-corrected chi connectivity index (χ2v) is 4.28. The summed E-state index contributed by atoms with van der Waals surface area (Å²) in [6.45, 7) is 2.98. The zero-order valence-electron chi connectivity index (χ0n) is 11.6. The van der Waals surface area contributed by atoms with Crippen LogP contribution in [0.2, 0.25) is 0 Å². The van der Waals surface area contributed by atoms with Gasteiger partial charge in [0.25, 0.3) is 0 Å². The normalized spacial score (nSPS) is 10.1. The van der Waals surface area contributed by atoms with Crippen LogP contribution in [0, 0.1) is 0 Å². The lowest BCUT2D eigenvalue weighted by Crippen LogP contribution is -2.06. The Morgan fingerprint density at radius 3 is 2.95 bits per heavy atom. The van der Waals surface area contributed by atoms with Gasteiger partial charge < -0.3 is 15.2 Å². The maximum absolute atomic E-state index is 10.9. The minimum atomic E-state index is -0.976.